The number of fused-ring (bicyclic) bond motifs is 1. The maximum Gasteiger partial charge on any atom is 0.348 e. The summed E-state index contributed by atoms with van der Waals surface area (Å²) in [5.41, 5.74) is 9.12. The van der Waals surface area contributed by atoms with Gasteiger partial charge in [-0.25, -0.2) is 14.8 Å². The van der Waals surface area contributed by atoms with E-state index in [-0.39, 0.29) is 11.5 Å². The lowest BCUT2D eigenvalue weighted by atomic mass is 10.0. The highest BCUT2D eigenvalue weighted by molar-refractivity contribution is 5.88. The largest absolute Gasteiger partial charge is 0.383 e. The van der Waals surface area contributed by atoms with Crippen molar-refractivity contribution in [3.05, 3.63) is 71.1 Å². The van der Waals surface area contributed by atoms with E-state index in [1.807, 2.05) is 60.7 Å². The van der Waals surface area contributed by atoms with E-state index in [9.17, 15) is 4.79 Å². The molecule has 6 heteroatoms. The number of nitrogens with zero attached hydrogens (tertiary/aromatic N) is 3. The van der Waals surface area contributed by atoms with E-state index < -0.39 is 5.69 Å². The van der Waals surface area contributed by atoms with Crippen molar-refractivity contribution in [1.29, 1.82) is 0 Å². The molecule has 4 rings (SSSR count). The minimum Gasteiger partial charge on any atom is -0.383 e. The second kappa shape index (κ2) is 5.58. The molecule has 3 N–H and O–H groups in total. The summed E-state index contributed by atoms with van der Waals surface area (Å²) in [4.78, 5) is 27.2. The van der Waals surface area contributed by atoms with Crippen molar-refractivity contribution in [3.63, 3.8) is 0 Å². The van der Waals surface area contributed by atoms with Crippen molar-refractivity contribution in [2.45, 2.75) is 0 Å². The predicted octanol–water partition coefficient (Wildman–Crippen LogP) is 2.63. The number of nitrogens with one attached hydrogen (secondary N) is 1. The number of nitrogens with two attached hydrogens (primary N) is 1. The highest BCUT2D eigenvalue weighted by atomic mass is 16.1. The fourth-order valence-corrected chi connectivity index (χ4v) is 2.58. The highest BCUT2D eigenvalue weighted by Gasteiger charge is 2.15. The molecule has 116 valence electrons. The molecule has 2 heterocycles. The SMILES string of the molecule is Nc1[nH]c(=O)nc2nc(-c3ccccc3)c(-c3ccccc3)nc12. The standard InChI is InChI=1S/C18H13N5O/c19-16-15-17(23-18(24)22-16)21-14(12-9-5-2-6-10-12)13(20-15)11-7-3-1-4-8-11/h1-10H,(H3,19,21,22,23,24). The lowest BCUT2D eigenvalue weighted by Gasteiger charge is -2.10. The van der Waals surface area contributed by atoms with Crippen molar-refractivity contribution >= 4 is 17.0 Å². The summed E-state index contributed by atoms with van der Waals surface area (Å²) < 4.78 is 0. The molecule has 0 bridgehead atoms. The predicted molar refractivity (Wildman–Crippen MR) is 93.2 cm³/mol. The monoisotopic (exact) mass is 315 g/mol. The van der Waals surface area contributed by atoms with Crippen molar-refractivity contribution in [3.8, 4) is 22.5 Å². The molecule has 0 atom stereocenters. The van der Waals surface area contributed by atoms with Gasteiger partial charge in [-0.3, -0.25) is 4.98 Å². The van der Waals surface area contributed by atoms with E-state index in [0.29, 0.717) is 16.9 Å². The Balaban J connectivity index is 2.10. The number of benzene rings is 2. The Kier molecular flexibility index (Phi) is 3.28. The molecule has 0 saturated carbocycles. The molecule has 2 aromatic carbocycles. The van der Waals surface area contributed by atoms with E-state index in [1.54, 1.807) is 0 Å². The quantitative estimate of drug-likeness (QED) is 0.592. The van der Waals surface area contributed by atoms with Gasteiger partial charge in [-0.15, -0.1) is 0 Å². The Morgan fingerprint density at radius 1 is 0.750 bits per heavy atom. The Morgan fingerprint density at radius 2 is 1.29 bits per heavy atom. The second-order valence-corrected chi connectivity index (χ2v) is 5.28. The van der Waals surface area contributed by atoms with Gasteiger partial charge in [0.2, 0.25) is 0 Å². The van der Waals surface area contributed by atoms with E-state index in [1.165, 1.54) is 0 Å². The Morgan fingerprint density at radius 3 is 1.88 bits per heavy atom. The van der Waals surface area contributed by atoms with Crippen molar-refractivity contribution in [2.75, 3.05) is 5.73 Å². The van der Waals surface area contributed by atoms with Crippen molar-refractivity contribution < 1.29 is 0 Å². The second-order valence-electron chi connectivity index (χ2n) is 5.28. The first-order valence-electron chi connectivity index (χ1n) is 7.41. The Labute approximate surface area is 137 Å². The Bertz CT molecular complexity index is 1080. The fourth-order valence-electron chi connectivity index (χ4n) is 2.58. The van der Waals surface area contributed by atoms with Crippen LogP contribution in [0.4, 0.5) is 5.82 Å². The zero-order chi connectivity index (χ0) is 16.5. The molecule has 2 aromatic heterocycles. The first kappa shape index (κ1) is 14.1. The van der Waals surface area contributed by atoms with Crippen LogP contribution in [0.25, 0.3) is 33.7 Å². The van der Waals surface area contributed by atoms with Crippen LogP contribution in [-0.4, -0.2) is 19.9 Å². The average Bonchev–Trinajstić information content (AvgIpc) is 2.62. The molecule has 4 aromatic rings. The minimum atomic E-state index is -0.541. The van der Waals surface area contributed by atoms with Crippen LogP contribution < -0.4 is 11.4 Å². The van der Waals surface area contributed by atoms with Gasteiger partial charge in [-0.2, -0.15) is 4.98 Å². The van der Waals surface area contributed by atoms with Gasteiger partial charge in [0.15, 0.2) is 5.65 Å². The van der Waals surface area contributed by atoms with Crippen molar-refractivity contribution in [2.24, 2.45) is 0 Å². The molecule has 0 aliphatic heterocycles. The van der Waals surface area contributed by atoms with Gasteiger partial charge in [0.1, 0.15) is 11.3 Å². The van der Waals surface area contributed by atoms with Gasteiger partial charge in [-0.05, 0) is 0 Å². The third-order valence-electron chi connectivity index (χ3n) is 3.68. The van der Waals surface area contributed by atoms with E-state index in [4.69, 9.17) is 5.73 Å². The molecule has 0 unspecified atom stereocenters. The van der Waals surface area contributed by atoms with Gasteiger partial charge < -0.3 is 5.73 Å². The average molecular weight is 315 g/mol. The summed E-state index contributed by atoms with van der Waals surface area (Å²) >= 11 is 0. The normalized spacial score (nSPS) is 10.8. The number of anilines is 1. The molecule has 0 aliphatic carbocycles. The van der Waals surface area contributed by atoms with Gasteiger partial charge in [-0.1, -0.05) is 60.7 Å². The van der Waals surface area contributed by atoms with Crippen LogP contribution in [0.1, 0.15) is 0 Å². The first-order chi connectivity index (χ1) is 11.7. The molecule has 0 radical (unpaired) electrons. The molecular weight excluding hydrogens is 302 g/mol. The number of hydrogen-bond donors (Lipinski definition) is 2. The molecule has 24 heavy (non-hydrogen) atoms. The number of aromatic amines is 1. The van der Waals surface area contributed by atoms with Crippen LogP contribution in [0.3, 0.4) is 0 Å². The molecular formula is C18H13N5O. The lowest BCUT2D eigenvalue weighted by molar-refractivity contribution is 1.09. The minimum absolute atomic E-state index is 0.161. The van der Waals surface area contributed by atoms with Crippen LogP contribution in [-0.2, 0) is 0 Å². The smallest absolute Gasteiger partial charge is 0.348 e. The first-order valence-corrected chi connectivity index (χ1v) is 7.41. The van der Waals surface area contributed by atoms with Crippen LogP contribution in [0, 0.1) is 0 Å². The molecule has 0 amide bonds. The maximum atomic E-state index is 11.6. The number of aromatic nitrogens is 4. The number of nitrogen functional groups attached to an aromatic ring is 1. The van der Waals surface area contributed by atoms with Crippen LogP contribution in [0.15, 0.2) is 65.5 Å². The number of hydrogen-bond acceptors (Lipinski definition) is 5. The van der Waals surface area contributed by atoms with E-state index >= 15 is 0 Å². The van der Waals surface area contributed by atoms with Crippen LogP contribution >= 0.6 is 0 Å². The van der Waals surface area contributed by atoms with Gasteiger partial charge in [0, 0.05) is 11.1 Å². The summed E-state index contributed by atoms with van der Waals surface area (Å²) in [5.74, 6) is 0.161. The third-order valence-corrected chi connectivity index (χ3v) is 3.68. The number of H-pyrrole nitrogens is 1. The third kappa shape index (κ3) is 2.40. The zero-order valence-corrected chi connectivity index (χ0v) is 12.6. The van der Waals surface area contributed by atoms with Crippen LogP contribution in [0.5, 0.6) is 0 Å². The lowest BCUT2D eigenvalue weighted by Crippen LogP contribution is -2.14. The van der Waals surface area contributed by atoms with Crippen molar-refractivity contribution in [1.82, 2.24) is 19.9 Å². The molecule has 0 fully saturated rings. The van der Waals surface area contributed by atoms with Gasteiger partial charge >= 0.3 is 5.69 Å². The summed E-state index contributed by atoms with van der Waals surface area (Å²) in [6, 6.07) is 19.4. The highest BCUT2D eigenvalue weighted by Crippen LogP contribution is 2.30. The summed E-state index contributed by atoms with van der Waals surface area (Å²) in [5, 5.41) is 0. The molecule has 0 aliphatic rings. The molecule has 6 nitrogen and oxygen atoms in total. The van der Waals surface area contributed by atoms with E-state index in [2.05, 4.69) is 19.9 Å². The Hall–Kier alpha value is -3.54. The zero-order valence-electron chi connectivity index (χ0n) is 12.6. The topological polar surface area (TPSA) is 97.6 Å². The van der Waals surface area contributed by atoms with E-state index in [0.717, 1.165) is 11.1 Å². The fraction of sp³-hybridized carbons (Fsp3) is 0. The van der Waals surface area contributed by atoms with Crippen LogP contribution in [0.2, 0.25) is 0 Å². The summed E-state index contributed by atoms with van der Waals surface area (Å²) in [7, 11) is 0. The van der Waals surface area contributed by atoms with Gasteiger partial charge in [0.25, 0.3) is 0 Å². The molecule has 0 spiro atoms. The molecule has 0 saturated heterocycles. The maximum absolute atomic E-state index is 11.6. The van der Waals surface area contributed by atoms with Gasteiger partial charge in [0.05, 0.1) is 11.4 Å². The summed E-state index contributed by atoms with van der Waals surface area (Å²) in [6.45, 7) is 0. The summed E-state index contributed by atoms with van der Waals surface area (Å²) in [6.07, 6.45) is 0. The number of rotatable bonds is 2.